The third-order valence-corrected chi connectivity index (χ3v) is 2.48. The monoisotopic (exact) mass is 222 g/mol. The van der Waals surface area contributed by atoms with Crippen molar-refractivity contribution in [2.45, 2.75) is 13.5 Å². The van der Waals surface area contributed by atoms with Gasteiger partial charge in [0.15, 0.2) is 0 Å². The number of phenols is 1. The number of urea groups is 1. The molecule has 1 aromatic carbocycles. The summed E-state index contributed by atoms with van der Waals surface area (Å²) >= 11 is 0. The first kappa shape index (κ1) is 12.4. The molecule has 0 saturated heterocycles. The molecular formula is C12H18N2O2. The van der Waals surface area contributed by atoms with Crippen LogP contribution in [0.2, 0.25) is 0 Å². The lowest BCUT2D eigenvalue weighted by atomic mass is 10.2. The lowest BCUT2D eigenvalue weighted by Gasteiger charge is -2.23. The van der Waals surface area contributed by atoms with Crippen LogP contribution in [0.3, 0.4) is 0 Å². The second-order valence-electron chi connectivity index (χ2n) is 3.82. The van der Waals surface area contributed by atoms with Gasteiger partial charge in [0.1, 0.15) is 5.75 Å². The fourth-order valence-electron chi connectivity index (χ4n) is 1.37. The highest BCUT2D eigenvalue weighted by Crippen LogP contribution is 2.11. The van der Waals surface area contributed by atoms with Gasteiger partial charge >= 0.3 is 6.03 Å². The smallest absolute Gasteiger partial charge is 0.319 e. The summed E-state index contributed by atoms with van der Waals surface area (Å²) in [5.74, 6) is 0.239. The first-order chi connectivity index (χ1) is 7.54. The Morgan fingerprint density at radius 2 is 1.75 bits per heavy atom. The summed E-state index contributed by atoms with van der Waals surface area (Å²) in [7, 11) is 3.54. The Balaban J connectivity index is 2.60. The van der Waals surface area contributed by atoms with Crippen LogP contribution >= 0.6 is 0 Å². The summed E-state index contributed by atoms with van der Waals surface area (Å²) in [5, 5.41) is 9.14. The number of amides is 2. The summed E-state index contributed by atoms with van der Waals surface area (Å²) in [6.07, 6.45) is 0. The Kier molecular flexibility index (Phi) is 4.17. The maximum Gasteiger partial charge on any atom is 0.319 e. The van der Waals surface area contributed by atoms with Crippen LogP contribution < -0.4 is 0 Å². The van der Waals surface area contributed by atoms with E-state index >= 15 is 0 Å². The predicted molar refractivity (Wildman–Crippen MR) is 63.3 cm³/mol. The zero-order chi connectivity index (χ0) is 12.1. The van der Waals surface area contributed by atoms with Crippen LogP contribution in [0.25, 0.3) is 0 Å². The average Bonchev–Trinajstić information content (AvgIpc) is 2.30. The fraction of sp³-hybridized carbons (Fsp3) is 0.417. The van der Waals surface area contributed by atoms with Gasteiger partial charge in [-0.15, -0.1) is 0 Å². The normalized spacial score (nSPS) is 9.94. The molecule has 4 nitrogen and oxygen atoms in total. The topological polar surface area (TPSA) is 43.8 Å². The van der Waals surface area contributed by atoms with Gasteiger partial charge in [-0.1, -0.05) is 12.1 Å². The first-order valence-electron chi connectivity index (χ1n) is 5.28. The van der Waals surface area contributed by atoms with E-state index in [0.717, 1.165) is 5.56 Å². The molecule has 0 aromatic heterocycles. The molecule has 1 aromatic rings. The highest BCUT2D eigenvalue weighted by molar-refractivity contribution is 5.73. The third-order valence-electron chi connectivity index (χ3n) is 2.48. The van der Waals surface area contributed by atoms with Gasteiger partial charge < -0.3 is 14.9 Å². The zero-order valence-electron chi connectivity index (χ0n) is 9.97. The highest BCUT2D eigenvalue weighted by atomic mass is 16.3. The maximum atomic E-state index is 11.7. The Labute approximate surface area is 96.1 Å². The Bertz CT molecular complexity index is 349. The van der Waals surface area contributed by atoms with Crippen molar-refractivity contribution in [2.24, 2.45) is 0 Å². The van der Waals surface area contributed by atoms with Gasteiger partial charge in [-0.3, -0.25) is 0 Å². The number of nitrogens with zero attached hydrogens (tertiary/aromatic N) is 2. The van der Waals surface area contributed by atoms with Gasteiger partial charge in [0.2, 0.25) is 0 Å². The Hall–Kier alpha value is -1.71. The molecule has 2 amide bonds. The van der Waals surface area contributed by atoms with Crippen molar-refractivity contribution in [3.63, 3.8) is 0 Å². The lowest BCUT2D eigenvalue weighted by Crippen LogP contribution is -2.38. The van der Waals surface area contributed by atoms with E-state index in [1.54, 1.807) is 36.0 Å². The SMILES string of the molecule is CCN(C)C(=O)N(C)Cc1ccc(O)cc1. The Morgan fingerprint density at radius 1 is 1.19 bits per heavy atom. The molecule has 0 atom stereocenters. The molecule has 1 N–H and O–H groups in total. The van der Waals surface area contributed by atoms with Crippen molar-refractivity contribution < 1.29 is 9.90 Å². The number of carbonyl (C=O) groups is 1. The Morgan fingerprint density at radius 3 is 2.25 bits per heavy atom. The molecule has 0 aliphatic carbocycles. The van der Waals surface area contributed by atoms with Crippen LogP contribution in [-0.4, -0.2) is 41.6 Å². The molecule has 0 aliphatic heterocycles. The minimum Gasteiger partial charge on any atom is -0.508 e. The largest absolute Gasteiger partial charge is 0.508 e. The molecule has 0 bridgehead atoms. The number of carbonyl (C=O) groups excluding carboxylic acids is 1. The molecule has 4 heteroatoms. The standard InChI is InChI=1S/C12H18N2O2/c1-4-13(2)12(16)14(3)9-10-5-7-11(15)8-6-10/h5-8,15H,4,9H2,1-3H3. The molecular weight excluding hydrogens is 204 g/mol. The van der Waals surface area contributed by atoms with E-state index in [-0.39, 0.29) is 11.8 Å². The van der Waals surface area contributed by atoms with Crippen LogP contribution in [0, 0.1) is 0 Å². The number of hydrogen-bond acceptors (Lipinski definition) is 2. The van der Waals surface area contributed by atoms with Crippen LogP contribution in [0.15, 0.2) is 24.3 Å². The fourth-order valence-corrected chi connectivity index (χ4v) is 1.37. The second kappa shape index (κ2) is 5.39. The van der Waals surface area contributed by atoms with Crippen molar-refractivity contribution in [3.8, 4) is 5.75 Å². The summed E-state index contributed by atoms with van der Waals surface area (Å²) < 4.78 is 0. The van der Waals surface area contributed by atoms with E-state index < -0.39 is 0 Å². The minimum absolute atomic E-state index is 0.00410. The van der Waals surface area contributed by atoms with Crippen molar-refractivity contribution in [1.29, 1.82) is 0 Å². The van der Waals surface area contributed by atoms with E-state index in [1.165, 1.54) is 0 Å². The summed E-state index contributed by atoms with van der Waals surface area (Å²) in [5.41, 5.74) is 0.998. The van der Waals surface area contributed by atoms with Crippen molar-refractivity contribution in [3.05, 3.63) is 29.8 Å². The highest BCUT2D eigenvalue weighted by Gasteiger charge is 2.12. The number of phenolic OH excluding ortho intramolecular Hbond substituents is 1. The van der Waals surface area contributed by atoms with Gasteiger partial charge in [0.25, 0.3) is 0 Å². The van der Waals surface area contributed by atoms with Crippen LogP contribution in [0.5, 0.6) is 5.75 Å². The number of hydrogen-bond donors (Lipinski definition) is 1. The van der Waals surface area contributed by atoms with E-state index in [4.69, 9.17) is 5.11 Å². The molecule has 1 rings (SSSR count). The van der Waals surface area contributed by atoms with Gasteiger partial charge in [0, 0.05) is 27.2 Å². The average molecular weight is 222 g/mol. The molecule has 16 heavy (non-hydrogen) atoms. The maximum absolute atomic E-state index is 11.7. The number of benzene rings is 1. The molecule has 0 saturated carbocycles. The lowest BCUT2D eigenvalue weighted by molar-refractivity contribution is 0.173. The van der Waals surface area contributed by atoms with E-state index in [0.29, 0.717) is 13.1 Å². The van der Waals surface area contributed by atoms with Crippen molar-refractivity contribution in [2.75, 3.05) is 20.6 Å². The van der Waals surface area contributed by atoms with Gasteiger partial charge in [-0.2, -0.15) is 0 Å². The molecule has 0 radical (unpaired) electrons. The van der Waals surface area contributed by atoms with Gasteiger partial charge in [-0.05, 0) is 24.6 Å². The number of aromatic hydroxyl groups is 1. The number of rotatable bonds is 3. The van der Waals surface area contributed by atoms with Crippen molar-refractivity contribution in [1.82, 2.24) is 9.80 Å². The van der Waals surface area contributed by atoms with Crippen LogP contribution in [0.4, 0.5) is 4.79 Å². The zero-order valence-corrected chi connectivity index (χ0v) is 9.97. The quantitative estimate of drug-likeness (QED) is 0.848. The van der Waals surface area contributed by atoms with Crippen molar-refractivity contribution >= 4 is 6.03 Å². The predicted octanol–water partition coefficient (Wildman–Crippen LogP) is 1.90. The third kappa shape index (κ3) is 3.15. The second-order valence-corrected chi connectivity index (χ2v) is 3.82. The summed E-state index contributed by atoms with van der Waals surface area (Å²) in [6, 6.07) is 6.86. The minimum atomic E-state index is -0.00410. The molecule has 0 spiro atoms. The van der Waals surface area contributed by atoms with Crippen LogP contribution in [0.1, 0.15) is 12.5 Å². The summed E-state index contributed by atoms with van der Waals surface area (Å²) in [4.78, 5) is 15.0. The molecule has 0 unspecified atom stereocenters. The molecule has 0 fully saturated rings. The van der Waals surface area contributed by atoms with Crippen LogP contribution in [-0.2, 0) is 6.54 Å². The van der Waals surface area contributed by atoms with Gasteiger partial charge in [-0.25, -0.2) is 4.79 Å². The summed E-state index contributed by atoms with van der Waals surface area (Å²) in [6.45, 7) is 3.18. The van der Waals surface area contributed by atoms with Gasteiger partial charge in [0.05, 0.1) is 0 Å². The van der Waals surface area contributed by atoms with E-state index in [2.05, 4.69) is 0 Å². The van der Waals surface area contributed by atoms with E-state index in [1.807, 2.05) is 19.1 Å². The first-order valence-corrected chi connectivity index (χ1v) is 5.28. The molecule has 0 heterocycles. The van der Waals surface area contributed by atoms with E-state index in [9.17, 15) is 4.79 Å². The molecule has 0 aliphatic rings. The molecule has 88 valence electrons.